The Morgan fingerprint density at radius 1 is 1.29 bits per heavy atom. The molecule has 0 spiro atoms. The first-order valence-electron chi connectivity index (χ1n) is 7.96. The van der Waals surface area contributed by atoms with E-state index in [1.807, 2.05) is 13.8 Å². The van der Waals surface area contributed by atoms with Crippen LogP contribution in [0.1, 0.15) is 33.1 Å². The third kappa shape index (κ3) is 6.05. The molecule has 1 fully saturated rings. The SMILES string of the molecule is COC(=O)N[C@@H](CC(C)C)C(=O)N[C@@H](C[C@@H]1CCNC1=O)C(N)=O. The zero-order valence-electron chi connectivity index (χ0n) is 14.3. The summed E-state index contributed by atoms with van der Waals surface area (Å²) in [7, 11) is 1.20. The van der Waals surface area contributed by atoms with E-state index in [1.165, 1.54) is 7.11 Å². The Morgan fingerprint density at radius 3 is 2.42 bits per heavy atom. The number of rotatable bonds is 8. The lowest BCUT2D eigenvalue weighted by molar-refractivity contribution is -0.130. The Kier molecular flexibility index (Phi) is 7.47. The molecule has 0 aliphatic carbocycles. The summed E-state index contributed by atoms with van der Waals surface area (Å²) in [4.78, 5) is 47.1. The van der Waals surface area contributed by atoms with Crippen molar-refractivity contribution in [2.24, 2.45) is 17.6 Å². The minimum atomic E-state index is -0.972. The van der Waals surface area contributed by atoms with Crippen molar-refractivity contribution in [3.63, 3.8) is 0 Å². The van der Waals surface area contributed by atoms with Gasteiger partial charge < -0.3 is 26.4 Å². The Labute approximate surface area is 141 Å². The average molecular weight is 342 g/mol. The number of nitrogens with two attached hydrogens (primary N) is 1. The summed E-state index contributed by atoms with van der Waals surface area (Å²) < 4.78 is 4.51. The van der Waals surface area contributed by atoms with E-state index in [4.69, 9.17) is 5.73 Å². The van der Waals surface area contributed by atoms with Gasteiger partial charge in [-0.3, -0.25) is 14.4 Å². The number of alkyl carbamates (subject to hydrolysis) is 1. The van der Waals surface area contributed by atoms with Gasteiger partial charge >= 0.3 is 6.09 Å². The fourth-order valence-corrected chi connectivity index (χ4v) is 2.58. The highest BCUT2D eigenvalue weighted by Gasteiger charge is 2.32. The predicted molar refractivity (Wildman–Crippen MR) is 85.6 cm³/mol. The van der Waals surface area contributed by atoms with Crippen molar-refractivity contribution in [3.05, 3.63) is 0 Å². The lowest BCUT2D eigenvalue weighted by Gasteiger charge is -2.23. The lowest BCUT2D eigenvalue weighted by Crippen LogP contribution is -2.54. The number of hydrogen-bond donors (Lipinski definition) is 4. The molecule has 9 heteroatoms. The number of nitrogens with one attached hydrogen (secondary N) is 3. The zero-order chi connectivity index (χ0) is 18.3. The van der Waals surface area contributed by atoms with E-state index in [2.05, 4.69) is 20.7 Å². The van der Waals surface area contributed by atoms with Crippen molar-refractivity contribution in [2.75, 3.05) is 13.7 Å². The predicted octanol–water partition coefficient (Wildman–Crippen LogP) is -0.747. The van der Waals surface area contributed by atoms with Crippen LogP contribution in [0.25, 0.3) is 0 Å². The van der Waals surface area contributed by atoms with Gasteiger partial charge in [-0.05, 0) is 25.2 Å². The average Bonchev–Trinajstić information content (AvgIpc) is 2.90. The minimum Gasteiger partial charge on any atom is -0.453 e. The van der Waals surface area contributed by atoms with Gasteiger partial charge in [0.1, 0.15) is 12.1 Å². The van der Waals surface area contributed by atoms with Gasteiger partial charge in [0.25, 0.3) is 0 Å². The van der Waals surface area contributed by atoms with Crippen LogP contribution in [0.2, 0.25) is 0 Å². The molecule has 1 aliphatic rings. The van der Waals surface area contributed by atoms with E-state index in [1.54, 1.807) is 0 Å². The smallest absolute Gasteiger partial charge is 0.407 e. The van der Waals surface area contributed by atoms with Crippen LogP contribution in [0.3, 0.4) is 0 Å². The van der Waals surface area contributed by atoms with E-state index in [0.717, 1.165) is 0 Å². The van der Waals surface area contributed by atoms with Crippen LogP contribution in [0.4, 0.5) is 4.79 Å². The summed E-state index contributed by atoms with van der Waals surface area (Å²) in [5.74, 6) is -1.63. The molecule has 1 heterocycles. The molecule has 0 radical (unpaired) electrons. The first-order chi connectivity index (χ1) is 11.2. The van der Waals surface area contributed by atoms with Gasteiger partial charge in [-0.2, -0.15) is 0 Å². The van der Waals surface area contributed by atoms with E-state index in [9.17, 15) is 19.2 Å². The fraction of sp³-hybridized carbons (Fsp3) is 0.733. The topological polar surface area (TPSA) is 140 Å². The van der Waals surface area contributed by atoms with Gasteiger partial charge in [0.05, 0.1) is 7.11 Å². The minimum absolute atomic E-state index is 0.130. The van der Waals surface area contributed by atoms with Crippen molar-refractivity contribution >= 4 is 23.8 Å². The van der Waals surface area contributed by atoms with Crippen LogP contribution in [0.5, 0.6) is 0 Å². The molecular formula is C15H26N4O5. The van der Waals surface area contributed by atoms with E-state index < -0.39 is 30.0 Å². The third-order valence-corrected chi connectivity index (χ3v) is 3.84. The fourth-order valence-electron chi connectivity index (χ4n) is 2.58. The Hall–Kier alpha value is -2.32. The molecule has 5 N–H and O–H groups in total. The number of methoxy groups -OCH3 is 1. The second-order valence-electron chi connectivity index (χ2n) is 6.29. The second-order valence-corrected chi connectivity index (χ2v) is 6.29. The Bertz CT molecular complexity index is 494. The molecule has 4 amide bonds. The number of carbonyl (C=O) groups is 4. The van der Waals surface area contributed by atoms with Crippen molar-refractivity contribution in [3.8, 4) is 0 Å². The number of ether oxygens (including phenoxy) is 1. The Balaban J connectivity index is 2.73. The highest BCUT2D eigenvalue weighted by Crippen LogP contribution is 2.16. The summed E-state index contributed by atoms with van der Waals surface area (Å²) in [6.07, 6.45) is 0.367. The highest BCUT2D eigenvalue weighted by molar-refractivity contribution is 5.91. The number of amides is 4. The van der Waals surface area contributed by atoms with Gasteiger partial charge in [0.15, 0.2) is 0 Å². The molecule has 0 bridgehead atoms. The maximum absolute atomic E-state index is 12.4. The monoisotopic (exact) mass is 342 g/mol. The second kappa shape index (κ2) is 9.09. The molecule has 136 valence electrons. The largest absolute Gasteiger partial charge is 0.453 e. The molecule has 9 nitrogen and oxygen atoms in total. The highest BCUT2D eigenvalue weighted by atomic mass is 16.5. The first kappa shape index (κ1) is 19.7. The van der Waals surface area contributed by atoms with Gasteiger partial charge in [0, 0.05) is 12.5 Å². The van der Waals surface area contributed by atoms with Crippen LogP contribution in [0, 0.1) is 11.8 Å². The number of carbonyl (C=O) groups excluding carboxylic acids is 4. The number of primary amides is 1. The van der Waals surface area contributed by atoms with Crippen molar-refractivity contribution in [1.29, 1.82) is 0 Å². The molecule has 0 unspecified atom stereocenters. The molecule has 24 heavy (non-hydrogen) atoms. The zero-order valence-corrected chi connectivity index (χ0v) is 14.3. The van der Waals surface area contributed by atoms with E-state index in [-0.39, 0.29) is 24.2 Å². The quantitative estimate of drug-likeness (QED) is 0.460. The molecule has 0 aromatic carbocycles. The maximum atomic E-state index is 12.4. The molecular weight excluding hydrogens is 316 g/mol. The van der Waals surface area contributed by atoms with Crippen LogP contribution in [0.15, 0.2) is 0 Å². The van der Waals surface area contributed by atoms with Crippen molar-refractivity contribution < 1.29 is 23.9 Å². The normalized spacial score (nSPS) is 19.3. The molecule has 3 atom stereocenters. The lowest BCUT2D eigenvalue weighted by atomic mass is 9.97. The summed E-state index contributed by atoms with van der Waals surface area (Å²) in [6.45, 7) is 4.34. The van der Waals surface area contributed by atoms with E-state index in [0.29, 0.717) is 19.4 Å². The molecule has 1 aliphatic heterocycles. The molecule has 0 aromatic heterocycles. The summed E-state index contributed by atoms with van der Waals surface area (Å²) in [5.41, 5.74) is 5.34. The van der Waals surface area contributed by atoms with Gasteiger partial charge in [0.2, 0.25) is 17.7 Å². The molecule has 1 rings (SSSR count). The first-order valence-corrected chi connectivity index (χ1v) is 7.96. The summed E-state index contributed by atoms with van der Waals surface area (Å²) >= 11 is 0. The third-order valence-electron chi connectivity index (χ3n) is 3.84. The summed E-state index contributed by atoms with van der Waals surface area (Å²) in [5, 5.41) is 7.65. The summed E-state index contributed by atoms with van der Waals surface area (Å²) in [6, 6.07) is -1.82. The van der Waals surface area contributed by atoms with E-state index >= 15 is 0 Å². The standard InChI is InChI=1S/C15H26N4O5/c1-8(2)6-11(19-15(23)24-3)14(22)18-10(12(16)20)7-9-4-5-17-13(9)21/h8-11H,4-7H2,1-3H3,(H2,16,20)(H,17,21)(H,18,22)(H,19,23)/t9-,10-,11-/m0/s1. The van der Waals surface area contributed by atoms with Crippen LogP contribution in [-0.2, 0) is 19.1 Å². The maximum Gasteiger partial charge on any atom is 0.407 e. The van der Waals surface area contributed by atoms with Gasteiger partial charge in [-0.25, -0.2) is 4.79 Å². The van der Waals surface area contributed by atoms with Gasteiger partial charge in [-0.1, -0.05) is 13.8 Å². The van der Waals surface area contributed by atoms with Gasteiger partial charge in [-0.15, -0.1) is 0 Å². The van der Waals surface area contributed by atoms with Crippen LogP contribution in [-0.4, -0.2) is 49.6 Å². The van der Waals surface area contributed by atoms with Crippen LogP contribution >= 0.6 is 0 Å². The van der Waals surface area contributed by atoms with Crippen molar-refractivity contribution in [1.82, 2.24) is 16.0 Å². The number of hydrogen-bond acceptors (Lipinski definition) is 5. The Morgan fingerprint density at radius 2 is 1.96 bits per heavy atom. The van der Waals surface area contributed by atoms with Crippen LogP contribution < -0.4 is 21.7 Å². The molecule has 0 aromatic rings. The molecule has 0 saturated carbocycles. The molecule has 1 saturated heterocycles. The van der Waals surface area contributed by atoms with Crippen molar-refractivity contribution in [2.45, 2.75) is 45.2 Å².